The molecule has 0 saturated heterocycles. The van der Waals surface area contributed by atoms with E-state index in [1.165, 1.54) is 10.3 Å². The average Bonchev–Trinajstić information content (AvgIpc) is 2.95. The van der Waals surface area contributed by atoms with E-state index in [4.69, 9.17) is 0 Å². The van der Waals surface area contributed by atoms with Gasteiger partial charge in [-0.05, 0) is 55.1 Å². The van der Waals surface area contributed by atoms with Crippen molar-refractivity contribution in [1.29, 1.82) is 0 Å². The van der Waals surface area contributed by atoms with Crippen molar-refractivity contribution in [2.45, 2.75) is 13.5 Å². The molecule has 136 valence electrons. The minimum atomic E-state index is -0.198. The normalized spacial score (nSPS) is 11.9. The number of fused-ring (bicyclic) bond motifs is 1. The summed E-state index contributed by atoms with van der Waals surface area (Å²) in [6.45, 7) is 2.93. The molecule has 0 aliphatic rings. The van der Waals surface area contributed by atoms with Crippen molar-refractivity contribution < 1.29 is 4.79 Å². The van der Waals surface area contributed by atoms with Crippen LogP contribution in [0.25, 0.3) is 10.2 Å². The van der Waals surface area contributed by atoms with Gasteiger partial charge in [-0.2, -0.15) is 16.8 Å². The molecule has 0 atom stereocenters. The molecule has 3 rings (SSSR count). The van der Waals surface area contributed by atoms with Gasteiger partial charge in [0.05, 0.1) is 10.2 Å². The molecule has 0 unspecified atom stereocenters. The van der Waals surface area contributed by atoms with Crippen LogP contribution in [0.3, 0.4) is 0 Å². The number of benzene rings is 2. The van der Waals surface area contributed by atoms with Crippen LogP contribution in [0.15, 0.2) is 47.5 Å². The van der Waals surface area contributed by atoms with Crippen molar-refractivity contribution in [3.63, 3.8) is 0 Å². The Hall–Kier alpha value is -2.05. The van der Waals surface area contributed by atoms with Crippen LogP contribution in [0.4, 0.5) is 5.69 Å². The highest BCUT2D eigenvalue weighted by Crippen LogP contribution is 2.20. The van der Waals surface area contributed by atoms with Crippen molar-refractivity contribution in [3.8, 4) is 0 Å². The molecule has 1 heterocycles. The van der Waals surface area contributed by atoms with Crippen LogP contribution in [0.5, 0.6) is 0 Å². The van der Waals surface area contributed by atoms with E-state index in [9.17, 15) is 4.79 Å². The lowest BCUT2D eigenvalue weighted by molar-refractivity contribution is 0.0998. The first-order valence-corrected chi connectivity index (χ1v) is 10.7. The summed E-state index contributed by atoms with van der Waals surface area (Å²) < 4.78 is 3.32. The topological polar surface area (TPSA) is 37.6 Å². The second-order valence-electron chi connectivity index (χ2n) is 6.36. The van der Waals surface area contributed by atoms with E-state index in [1.54, 1.807) is 23.1 Å². The van der Waals surface area contributed by atoms with E-state index in [-0.39, 0.29) is 5.91 Å². The minimum Gasteiger partial charge on any atom is -0.378 e. The van der Waals surface area contributed by atoms with Crippen LogP contribution in [0, 0.1) is 6.92 Å². The molecule has 1 amide bonds. The standard InChI is InChI=1S/C20H23N3OS2/c1-14-5-10-17-18(13-14)26-20(23(17)11-12-25-4)21-19(24)15-6-8-16(9-7-15)22(2)3/h5-10,13H,11-12H2,1-4H3. The Labute approximate surface area is 162 Å². The van der Waals surface area contributed by atoms with Gasteiger partial charge in [0, 0.05) is 37.6 Å². The molecular formula is C20H23N3OS2. The van der Waals surface area contributed by atoms with E-state index in [0.717, 1.165) is 28.3 Å². The van der Waals surface area contributed by atoms with Gasteiger partial charge in [0.1, 0.15) is 0 Å². The maximum Gasteiger partial charge on any atom is 0.279 e. The number of thioether (sulfide) groups is 1. The van der Waals surface area contributed by atoms with E-state index < -0.39 is 0 Å². The number of thiazole rings is 1. The number of aryl methyl sites for hydroxylation is 2. The van der Waals surface area contributed by atoms with Crippen molar-refractivity contribution in [1.82, 2.24) is 4.57 Å². The molecule has 0 aliphatic heterocycles. The molecule has 0 spiro atoms. The smallest absolute Gasteiger partial charge is 0.279 e. The predicted octanol–water partition coefficient (Wildman–Crippen LogP) is 4.18. The molecule has 3 aromatic rings. The Kier molecular flexibility index (Phi) is 5.84. The quantitative estimate of drug-likeness (QED) is 0.661. The van der Waals surface area contributed by atoms with Crippen LogP contribution in [0.2, 0.25) is 0 Å². The molecule has 6 heteroatoms. The summed E-state index contributed by atoms with van der Waals surface area (Å²) in [7, 11) is 3.96. The van der Waals surface area contributed by atoms with Crippen LogP contribution in [-0.2, 0) is 6.54 Å². The molecule has 1 aromatic heterocycles. The zero-order chi connectivity index (χ0) is 18.7. The molecule has 0 saturated carbocycles. The summed E-state index contributed by atoms with van der Waals surface area (Å²) in [5.41, 5.74) is 4.03. The van der Waals surface area contributed by atoms with Gasteiger partial charge in [0.15, 0.2) is 4.80 Å². The summed E-state index contributed by atoms with van der Waals surface area (Å²) in [4.78, 5) is 19.9. The van der Waals surface area contributed by atoms with E-state index >= 15 is 0 Å². The number of hydrogen-bond acceptors (Lipinski definition) is 4. The maximum absolute atomic E-state index is 12.7. The van der Waals surface area contributed by atoms with Gasteiger partial charge in [-0.15, -0.1) is 0 Å². The predicted molar refractivity (Wildman–Crippen MR) is 114 cm³/mol. The van der Waals surface area contributed by atoms with Crippen molar-refractivity contribution in [3.05, 3.63) is 58.4 Å². The zero-order valence-corrected chi connectivity index (χ0v) is 17.2. The molecule has 0 N–H and O–H groups in total. The Bertz CT molecular complexity index is 984. The Morgan fingerprint density at radius 3 is 2.58 bits per heavy atom. The fourth-order valence-corrected chi connectivity index (χ4v) is 4.24. The van der Waals surface area contributed by atoms with Crippen molar-refractivity contribution in [2.75, 3.05) is 31.0 Å². The number of rotatable bonds is 5. The first-order chi connectivity index (χ1) is 12.5. The van der Waals surface area contributed by atoms with Gasteiger partial charge in [-0.3, -0.25) is 4.79 Å². The number of hydrogen-bond donors (Lipinski definition) is 0. The molecule has 0 bridgehead atoms. The molecule has 0 radical (unpaired) electrons. The van der Waals surface area contributed by atoms with Gasteiger partial charge in [-0.1, -0.05) is 17.4 Å². The van der Waals surface area contributed by atoms with Crippen LogP contribution >= 0.6 is 23.1 Å². The first-order valence-electron chi connectivity index (χ1n) is 8.45. The van der Waals surface area contributed by atoms with Gasteiger partial charge >= 0.3 is 0 Å². The lowest BCUT2D eigenvalue weighted by Crippen LogP contribution is -2.18. The zero-order valence-electron chi connectivity index (χ0n) is 15.5. The Balaban J connectivity index is 2.03. The molecule has 4 nitrogen and oxygen atoms in total. The molecule has 26 heavy (non-hydrogen) atoms. The van der Waals surface area contributed by atoms with Crippen molar-refractivity contribution in [2.24, 2.45) is 4.99 Å². The third-order valence-corrected chi connectivity index (χ3v) is 5.82. The lowest BCUT2D eigenvalue weighted by atomic mass is 10.2. The Morgan fingerprint density at radius 2 is 1.92 bits per heavy atom. The SMILES string of the molecule is CSCCn1c(=NC(=O)c2ccc(N(C)C)cc2)sc2cc(C)ccc21. The molecule has 0 fully saturated rings. The number of amides is 1. The second-order valence-corrected chi connectivity index (χ2v) is 8.35. The highest BCUT2D eigenvalue weighted by molar-refractivity contribution is 7.98. The largest absolute Gasteiger partial charge is 0.378 e. The van der Waals surface area contributed by atoms with Gasteiger partial charge in [0.2, 0.25) is 0 Å². The van der Waals surface area contributed by atoms with Gasteiger partial charge < -0.3 is 9.47 Å². The molecule has 0 aliphatic carbocycles. The number of nitrogens with zero attached hydrogens (tertiary/aromatic N) is 3. The van der Waals surface area contributed by atoms with Gasteiger partial charge in [0.25, 0.3) is 5.91 Å². The fraction of sp³-hybridized carbons (Fsp3) is 0.300. The van der Waals surface area contributed by atoms with Crippen LogP contribution < -0.4 is 9.70 Å². The first kappa shape index (κ1) is 18.7. The number of aromatic nitrogens is 1. The maximum atomic E-state index is 12.7. The number of anilines is 1. The fourth-order valence-electron chi connectivity index (χ4n) is 2.72. The van der Waals surface area contributed by atoms with Crippen molar-refractivity contribution >= 4 is 44.9 Å². The van der Waals surface area contributed by atoms with Gasteiger partial charge in [-0.25, -0.2) is 0 Å². The summed E-state index contributed by atoms with van der Waals surface area (Å²) in [5.74, 6) is 0.787. The van der Waals surface area contributed by atoms with Crippen LogP contribution in [-0.4, -0.2) is 36.6 Å². The monoisotopic (exact) mass is 385 g/mol. The summed E-state index contributed by atoms with van der Waals surface area (Å²) in [5, 5.41) is 0. The van der Waals surface area contributed by atoms with E-state index in [1.807, 2.05) is 43.3 Å². The summed E-state index contributed by atoms with van der Waals surface area (Å²) >= 11 is 3.37. The minimum absolute atomic E-state index is 0.198. The Morgan fingerprint density at radius 1 is 1.19 bits per heavy atom. The van der Waals surface area contributed by atoms with Crippen LogP contribution in [0.1, 0.15) is 15.9 Å². The third kappa shape index (κ3) is 4.02. The lowest BCUT2D eigenvalue weighted by Gasteiger charge is -2.11. The van der Waals surface area contributed by atoms with E-state index in [2.05, 4.69) is 40.9 Å². The summed E-state index contributed by atoms with van der Waals surface area (Å²) in [6, 6.07) is 13.9. The summed E-state index contributed by atoms with van der Waals surface area (Å²) in [6.07, 6.45) is 2.09. The average molecular weight is 386 g/mol. The highest BCUT2D eigenvalue weighted by Gasteiger charge is 2.10. The van der Waals surface area contributed by atoms with E-state index in [0.29, 0.717) is 5.56 Å². The number of carbonyl (C=O) groups is 1. The molecule has 2 aromatic carbocycles. The highest BCUT2D eigenvalue weighted by atomic mass is 32.2. The number of carbonyl (C=O) groups excluding carboxylic acids is 1. The molecular weight excluding hydrogens is 362 g/mol. The second kappa shape index (κ2) is 8.10. The third-order valence-electron chi connectivity index (χ3n) is 4.19.